The molecule has 0 radical (unpaired) electrons. The molecule has 0 unspecified atom stereocenters. The summed E-state index contributed by atoms with van der Waals surface area (Å²) in [6, 6.07) is 21.6. The number of aryl methyl sites for hydroxylation is 1. The summed E-state index contributed by atoms with van der Waals surface area (Å²) in [7, 11) is -2.17. The lowest BCUT2D eigenvalue weighted by atomic mass is 10.2. The number of rotatable bonds is 8. The maximum Gasteiger partial charge on any atom is 0.276 e. The third kappa shape index (κ3) is 5.58. The predicted molar refractivity (Wildman–Crippen MR) is 113 cm³/mol. The Morgan fingerprint density at radius 1 is 0.966 bits per heavy atom. The Morgan fingerprint density at radius 2 is 1.69 bits per heavy atom. The highest BCUT2D eigenvalue weighted by Crippen LogP contribution is 2.28. The molecule has 0 spiro atoms. The van der Waals surface area contributed by atoms with E-state index in [0.29, 0.717) is 23.7 Å². The van der Waals surface area contributed by atoms with Crippen molar-refractivity contribution in [1.29, 1.82) is 0 Å². The van der Waals surface area contributed by atoms with E-state index in [2.05, 4.69) is 9.93 Å². The van der Waals surface area contributed by atoms with Crippen molar-refractivity contribution in [2.75, 3.05) is 7.11 Å². The molecule has 0 aliphatic rings. The molecular formula is C22H22N2O4S. The summed E-state index contributed by atoms with van der Waals surface area (Å²) in [5.74, 6) is 1.13. The van der Waals surface area contributed by atoms with Gasteiger partial charge in [0.2, 0.25) is 0 Å². The van der Waals surface area contributed by atoms with Gasteiger partial charge >= 0.3 is 0 Å². The van der Waals surface area contributed by atoms with Crippen LogP contribution in [0.2, 0.25) is 0 Å². The lowest BCUT2D eigenvalue weighted by Gasteiger charge is -2.11. The predicted octanol–water partition coefficient (Wildman–Crippen LogP) is 3.90. The summed E-state index contributed by atoms with van der Waals surface area (Å²) < 4.78 is 35.7. The molecule has 6 nitrogen and oxygen atoms in total. The van der Waals surface area contributed by atoms with Crippen LogP contribution >= 0.6 is 0 Å². The molecule has 0 saturated carbocycles. The number of benzene rings is 3. The number of hydrazone groups is 1. The molecule has 0 aliphatic carbocycles. The van der Waals surface area contributed by atoms with Crippen molar-refractivity contribution in [3.63, 3.8) is 0 Å². The SMILES string of the molecule is COc1cc(/C=N/NS(=O)(=O)c2ccc(C)cc2)ccc1OCc1ccccc1. The molecule has 0 fully saturated rings. The van der Waals surface area contributed by atoms with E-state index in [9.17, 15) is 8.42 Å². The van der Waals surface area contributed by atoms with Crippen LogP contribution in [-0.2, 0) is 16.6 Å². The van der Waals surface area contributed by atoms with Crippen molar-refractivity contribution < 1.29 is 17.9 Å². The molecule has 0 saturated heterocycles. The van der Waals surface area contributed by atoms with E-state index in [1.54, 1.807) is 37.4 Å². The van der Waals surface area contributed by atoms with E-state index in [1.807, 2.05) is 37.3 Å². The van der Waals surface area contributed by atoms with Gasteiger partial charge in [0.1, 0.15) is 6.61 Å². The smallest absolute Gasteiger partial charge is 0.276 e. The monoisotopic (exact) mass is 410 g/mol. The second-order valence-corrected chi connectivity index (χ2v) is 8.01. The fourth-order valence-electron chi connectivity index (χ4n) is 2.56. The summed E-state index contributed by atoms with van der Waals surface area (Å²) in [5.41, 5.74) is 2.69. The third-order valence-corrected chi connectivity index (χ3v) is 5.38. The molecule has 0 heterocycles. The lowest BCUT2D eigenvalue weighted by molar-refractivity contribution is 0.284. The second kappa shape index (κ2) is 9.25. The second-order valence-electron chi connectivity index (χ2n) is 6.35. The van der Waals surface area contributed by atoms with E-state index in [-0.39, 0.29) is 4.90 Å². The van der Waals surface area contributed by atoms with Crippen LogP contribution in [0.3, 0.4) is 0 Å². The van der Waals surface area contributed by atoms with Crippen LogP contribution in [0.1, 0.15) is 16.7 Å². The molecular weight excluding hydrogens is 388 g/mol. The highest BCUT2D eigenvalue weighted by molar-refractivity contribution is 7.89. The van der Waals surface area contributed by atoms with Crippen LogP contribution < -0.4 is 14.3 Å². The fourth-order valence-corrected chi connectivity index (χ4v) is 3.35. The summed E-state index contributed by atoms with van der Waals surface area (Å²) in [4.78, 5) is 2.37. The van der Waals surface area contributed by atoms with E-state index >= 15 is 0 Å². The Bertz CT molecular complexity index is 1080. The van der Waals surface area contributed by atoms with Crippen molar-refractivity contribution in [3.8, 4) is 11.5 Å². The van der Waals surface area contributed by atoms with Gasteiger partial charge < -0.3 is 9.47 Å². The number of sulfonamides is 1. The van der Waals surface area contributed by atoms with Gasteiger partial charge in [0.15, 0.2) is 11.5 Å². The molecule has 7 heteroatoms. The highest BCUT2D eigenvalue weighted by atomic mass is 32.2. The number of methoxy groups -OCH3 is 1. The first-order valence-corrected chi connectivity index (χ1v) is 10.4. The number of ether oxygens (including phenoxy) is 2. The Hall–Kier alpha value is -3.32. The normalized spacial score (nSPS) is 11.4. The minimum absolute atomic E-state index is 0.155. The van der Waals surface area contributed by atoms with Crippen LogP contribution in [0.5, 0.6) is 11.5 Å². The van der Waals surface area contributed by atoms with Crippen molar-refractivity contribution in [2.24, 2.45) is 5.10 Å². The molecule has 0 aromatic heterocycles. The van der Waals surface area contributed by atoms with Crippen LogP contribution in [0.15, 0.2) is 82.8 Å². The van der Waals surface area contributed by atoms with Crippen molar-refractivity contribution in [3.05, 3.63) is 89.5 Å². The highest BCUT2D eigenvalue weighted by Gasteiger charge is 2.12. The van der Waals surface area contributed by atoms with Gasteiger partial charge in [0.05, 0.1) is 18.2 Å². The van der Waals surface area contributed by atoms with Crippen LogP contribution in [0.25, 0.3) is 0 Å². The standard InChI is InChI=1S/C22H22N2O4S/c1-17-8-11-20(12-9-17)29(25,26)24-23-15-19-10-13-21(22(14-19)27-2)28-16-18-6-4-3-5-7-18/h3-15,24H,16H2,1-2H3/b23-15+. The number of nitrogens with zero attached hydrogens (tertiary/aromatic N) is 1. The topological polar surface area (TPSA) is 77.0 Å². The molecule has 0 aliphatic heterocycles. The van der Waals surface area contributed by atoms with Crippen molar-refractivity contribution in [1.82, 2.24) is 4.83 Å². The fraction of sp³-hybridized carbons (Fsp3) is 0.136. The lowest BCUT2D eigenvalue weighted by Crippen LogP contribution is -2.18. The Morgan fingerprint density at radius 3 is 2.38 bits per heavy atom. The molecule has 3 rings (SSSR count). The summed E-state index contributed by atoms with van der Waals surface area (Å²) in [5, 5.41) is 3.85. The van der Waals surface area contributed by atoms with E-state index < -0.39 is 10.0 Å². The average molecular weight is 410 g/mol. The third-order valence-electron chi connectivity index (χ3n) is 4.14. The Kier molecular flexibility index (Phi) is 6.51. The van der Waals surface area contributed by atoms with Gasteiger partial charge in [-0.3, -0.25) is 0 Å². The molecule has 29 heavy (non-hydrogen) atoms. The van der Waals surface area contributed by atoms with Crippen LogP contribution in [-0.4, -0.2) is 21.7 Å². The molecule has 0 bridgehead atoms. The van der Waals surface area contributed by atoms with Crippen molar-refractivity contribution >= 4 is 16.2 Å². The van der Waals surface area contributed by atoms with Gasteiger partial charge in [0, 0.05) is 0 Å². The van der Waals surface area contributed by atoms with Gasteiger partial charge in [-0.25, -0.2) is 4.83 Å². The Balaban J connectivity index is 1.67. The van der Waals surface area contributed by atoms with Gasteiger partial charge in [0.25, 0.3) is 10.0 Å². The Labute approximate surface area is 170 Å². The molecule has 0 amide bonds. The van der Waals surface area contributed by atoms with Gasteiger partial charge in [-0.2, -0.15) is 13.5 Å². The van der Waals surface area contributed by atoms with Gasteiger partial charge in [-0.05, 0) is 48.4 Å². The first kappa shape index (κ1) is 20.4. The first-order chi connectivity index (χ1) is 14.0. The largest absolute Gasteiger partial charge is 0.493 e. The van der Waals surface area contributed by atoms with E-state index in [1.165, 1.54) is 18.3 Å². The zero-order chi connectivity index (χ0) is 20.7. The van der Waals surface area contributed by atoms with E-state index in [4.69, 9.17) is 9.47 Å². The quantitative estimate of drug-likeness (QED) is 0.451. The molecule has 3 aromatic rings. The number of nitrogens with one attached hydrogen (secondary N) is 1. The van der Waals surface area contributed by atoms with Crippen molar-refractivity contribution in [2.45, 2.75) is 18.4 Å². The zero-order valence-electron chi connectivity index (χ0n) is 16.2. The van der Waals surface area contributed by atoms with Crippen LogP contribution in [0, 0.1) is 6.92 Å². The maximum absolute atomic E-state index is 12.3. The van der Waals surface area contributed by atoms with Gasteiger partial charge in [-0.15, -0.1) is 0 Å². The summed E-state index contributed by atoms with van der Waals surface area (Å²) >= 11 is 0. The minimum atomic E-state index is -3.71. The summed E-state index contributed by atoms with van der Waals surface area (Å²) in [6.45, 7) is 2.31. The molecule has 3 aromatic carbocycles. The van der Waals surface area contributed by atoms with E-state index in [0.717, 1.165) is 11.1 Å². The molecule has 150 valence electrons. The molecule has 1 N–H and O–H groups in total. The maximum atomic E-state index is 12.3. The first-order valence-electron chi connectivity index (χ1n) is 8.94. The minimum Gasteiger partial charge on any atom is -0.493 e. The summed E-state index contributed by atoms with van der Waals surface area (Å²) in [6.07, 6.45) is 1.41. The molecule has 0 atom stereocenters. The van der Waals surface area contributed by atoms with Crippen LogP contribution in [0.4, 0.5) is 0 Å². The zero-order valence-corrected chi connectivity index (χ0v) is 17.0. The number of hydrogen-bond donors (Lipinski definition) is 1. The number of hydrogen-bond acceptors (Lipinski definition) is 5. The van der Waals surface area contributed by atoms with Gasteiger partial charge in [-0.1, -0.05) is 48.0 Å². The average Bonchev–Trinajstić information content (AvgIpc) is 2.73.